The number of aromatic nitrogens is 2. The lowest BCUT2D eigenvalue weighted by Gasteiger charge is -2.23. The second kappa shape index (κ2) is 4.28. The highest BCUT2D eigenvalue weighted by Gasteiger charge is 2.29. The van der Waals surface area contributed by atoms with Gasteiger partial charge in [-0.1, -0.05) is 17.7 Å². The number of carbonyl (C=O) groups is 1. The lowest BCUT2D eigenvalue weighted by atomic mass is 9.87. The number of hydrogen-bond acceptors (Lipinski definition) is 3. The summed E-state index contributed by atoms with van der Waals surface area (Å²) in [5.74, 6) is 0.614. The SMILES string of the molecule is Cn1ncc2c1NC(=O)C[C@H]2c1ccc(O)c(Cl)c1. The summed E-state index contributed by atoms with van der Waals surface area (Å²) in [5, 5.41) is 16.7. The van der Waals surface area contributed by atoms with Crippen LogP contribution in [0.5, 0.6) is 5.75 Å². The molecule has 1 aromatic heterocycles. The van der Waals surface area contributed by atoms with Gasteiger partial charge in [-0.05, 0) is 17.7 Å². The Morgan fingerprint density at radius 2 is 2.32 bits per heavy atom. The van der Waals surface area contributed by atoms with Gasteiger partial charge < -0.3 is 10.4 Å². The van der Waals surface area contributed by atoms with Gasteiger partial charge in [0.15, 0.2) is 0 Å². The number of phenolic OH excluding ortho intramolecular Hbond substituents is 1. The number of carbonyl (C=O) groups excluding carboxylic acids is 1. The Kier molecular flexibility index (Phi) is 2.71. The van der Waals surface area contributed by atoms with Crippen LogP contribution in [0.4, 0.5) is 5.82 Å². The zero-order valence-corrected chi connectivity index (χ0v) is 11.0. The van der Waals surface area contributed by atoms with Gasteiger partial charge in [-0.15, -0.1) is 0 Å². The third-order valence-corrected chi connectivity index (χ3v) is 3.67. The minimum Gasteiger partial charge on any atom is -0.506 e. The Labute approximate surface area is 114 Å². The maximum Gasteiger partial charge on any atom is 0.226 e. The van der Waals surface area contributed by atoms with Crippen LogP contribution in [-0.2, 0) is 11.8 Å². The van der Waals surface area contributed by atoms with Crippen LogP contribution < -0.4 is 5.32 Å². The number of benzene rings is 1. The maximum absolute atomic E-state index is 11.8. The largest absolute Gasteiger partial charge is 0.506 e. The van der Waals surface area contributed by atoms with Crippen molar-refractivity contribution in [2.45, 2.75) is 12.3 Å². The first-order valence-corrected chi connectivity index (χ1v) is 6.24. The zero-order valence-electron chi connectivity index (χ0n) is 10.2. The van der Waals surface area contributed by atoms with Crippen molar-refractivity contribution in [2.75, 3.05) is 5.32 Å². The van der Waals surface area contributed by atoms with Gasteiger partial charge in [-0.2, -0.15) is 5.10 Å². The molecule has 3 rings (SSSR count). The van der Waals surface area contributed by atoms with E-state index >= 15 is 0 Å². The molecule has 0 bridgehead atoms. The summed E-state index contributed by atoms with van der Waals surface area (Å²) in [6.45, 7) is 0. The zero-order chi connectivity index (χ0) is 13.6. The van der Waals surface area contributed by atoms with Gasteiger partial charge in [0.2, 0.25) is 5.91 Å². The van der Waals surface area contributed by atoms with Crippen LogP contribution in [0.1, 0.15) is 23.5 Å². The van der Waals surface area contributed by atoms with Crippen molar-refractivity contribution in [3.8, 4) is 5.75 Å². The fourth-order valence-electron chi connectivity index (χ4n) is 2.38. The molecule has 0 radical (unpaired) electrons. The van der Waals surface area contributed by atoms with E-state index in [-0.39, 0.29) is 22.6 Å². The average Bonchev–Trinajstić information content (AvgIpc) is 2.74. The van der Waals surface area contributed by atoms with Crippen molar-refractivity contribution in [3.63, 3.8) is 0 Å². The molecular formula is C13H12ClN3O2. The molecule has 0 saturated carbocycles. The Bertz CT molecular complexity index is 666. The molecule has 2 N–H and O–H groups in total. The molecule has 0 aliphatic carbocycles. The summed E-state index contributed by atoms with van der Waals surface area (Å²) in [6.07, 6.45) is 2.10. The predicted molar refractivity (Wildman–Crippen MR) is 71.4 cm³/mol. The Morgan fingerprint density at radius 3 is 3.05 bits per heavy atom. The number of aromatic hydroxyl groups is 1. The molecule has 5 nitrogen and oxygen atoms in total. The molecule has 0 fully saturated rings. The first-order valence-electron chi connectivity index (χ1n) is 5.86. The van der Waals surface area contributed by atoms with E-state index in [0.29, 0.717) is 12.2 Å². The number of anilines is 1. The highest BCUT2D eigenvalue weighted by atomic mass is 35.5. The normalized spacial score (nSPS) is 18.0. The van der Waals surface area contributed by atoms with Crippen molar-refractivity contribution in [2.24, 2.45) is 7.05 Å². The molecule has 1 aliphatic heterocycles. The van der Waals surface area contributed by atoms with Crippen LogP contribution in [0.15, 0.2) is 24.4 Å². The van der Waals surface area contributed by atoms with E-state index in [2.05, 4.69) is 10.4 Å². The summed E-state index contributed by atoms with van der Waals surface area (Å²) in [6, 6.07) is 5.01. The fourth-order valence-corrected chi connectivity index (χ4v) is 2.57. The van der Waals surface area contributed by atoms with Crippen LogP contribution in [0.2, 0.25) is 5.02 Å². The molecule has 1 aromatic carbocycles. The van der Waals surface area contributed by atoms with E-state index in [1.165, 1.54) is 0 Å². The minimum absolute atomic E-state index is 0.0390. The molecular weight excluding hydrogens is 266 g/mol. The average molecular weight is 278 g/mol. The standard InChI is InChI=1S/C13H12ClN3O2/c1-17-13-9(6-15-17)8(5-12(19)16-13)7-2-3-11(18)10(14)4-7/h2-4,6,8,18H,5H2,1H3,(H,16,19)/t8-/m0/s1. The summed E-state index contributed by atoms with van der Waals surface area (Å²) in [4.78, 5) is 11.8. The smallest absolute Gasteiger partial charge is 0.226 e. The van der Waals surface area contributed by atoms with Crippen LogP contribution in [0, 0.1) is 0 Å². The molecule has 98 valence electrons. The lowest BCUT2D eigenvalue weighted by Crippen LogP contribution is -2.24. The molecule has 1 atom stereocenters. The topological polar surface area (TPSA) is 67.2 Å². The molecule has 19 heavy (non-hydrogen) atoms. The lowest BCUT2D eigenvalue weighted by molar-refractivity contribution is -0.116. The molecule has 2 heterocycles. The molecule has 1 aliphatic rings. The molecule has 0 saturated heterocycles. The van der Waals surface area contributed by atoms with Gasteiger partial charge in [0.1, 0.15) is 11.6 Å². The highest BCUT2D eigenvalue weighted by Crippen LogP contribution is 2.38. The number of amides is 1. The van der Waals surface area contributed by atoms with E-state index in [1.807, 2.05) is 0 Å². The second-order valence-electron chi connectivity index (χ2n) is 4.59. The molecule has 1 amide bonds. The van der Waals surface area contributed by atoms with Gasteiger partial charge in [-0.3, -0.25) is 9.48 Å². The first kappa shape index (κ1) is 12.0. The number of nitrogens with one attached hydrogen (secondary N) is 1. The third-order valence-electron chi connectivity index (χ3n) is 3.36. The first-order chi connectivity index (χ1) is 9.06. The summed E-state index contributed by atoms with van der Waals surface area (Å²) < 4.78 is 1.64. The molecule has 2 aromatic rings. The fraction of sp³-hybridized carbons (Fsp3) is 0.231. The van der Waals surface area contributed by atoms with Crippen LogP contribution in [0.3, 0.4) is 0 Å². The van der Waals surface area contributed by atoms with Gasteiger partial charge >= 0.3 is 0 Å². The number of fused-ring (bicyclic) bond motifs is 1. The summed E-state index contributed by atoms with van der Waals surface area (Å²) >= 11 is 5.93. The number of rotatable bonds is 1. The van der Waals surface area contributed by atoms with Crippen molar-refractivity contribution >= 4 is 23.3 Å². The Morgan fingerprint density at radius 1 is 1.53 bits per heavy atom. The number of nitrogens with zero attached hydrogens (tertiary/aromatic N) is 2. The predicted octanol–water partition coefficient (Wildman–Crippen LogP) is 2.25. The summed E-state index contributed by atoms with van der Waals surface area (Å²) in [5.41, 5.74) is 1.86. The minimum atomic E-state index is -0.0875. The molecule has 6 heteroatoms. The van der Waals surface area contributed by atoms with Crippen molar-refractivity contribution < 1.29 is 9.90 Å². The van der Waals surface area contributed by atoms with Gasteiger partial charge in [0.05, 0.1) is 11.2 Å². The number of halogens is 1. The number of phenols is 1. The van der Waals surface area contributed by atoms with Crippen molar-refractivity contribution in [1.29, 1.82) is 0 Å². The van der Waals surface area contributed by atoms with Crippen molar-refractivity contribution in [3.05, 3.63) is 40.5 Å². The Balaban J connectivity index is 2.09. The van der Waals surface area contributed by atoms with Crippen LogP contribution in [0.25, 0.3) is 0 Å². The highest BCUT2D eigenvalue weighted by molar-refractivity contribution is 6.32. The van der Waals surface area contributed by atoms with Crippen LogP contribution in [-0.4, -0.2) is 20.8 Å². The number of hydrogen-bond donors (Lipinski definition) is 2. The maximum atomic E-state index is 11.8. The number of aryl methyl sites for hydroxylation is 1. The molecule has 0 spiro atoms. The third kappa shape index (κ3) is 1.96. The van der Waals surface area contributed by atoms with Crippen molar-refractivity contribution in [1.82, 2.24) is 9.78 Å². The summed E-state index contributed by atoms with van der Waals surface area (Å²) in [7, 11) is 1.78. The Hall–Kier alpha value is -2.01. The van der Waals surface area contributed by atoms with E-state index < -0.39 is 0 Å². The van der Waals surface area contributed by atoms with Gasteiger partial charge in [0, 0.05) is 24.9 Å². The van der Waals surface area contributed by atoms with Crippen LogP contribution >= 0.6 is 11.6 Å². The van der Waals surface area contributed by atoms with Gasteiger partial charge in [0.25, 0.3) is 0 Å². The quantitative estimate of drug-likeness (QED) is 0.840. The molecule has 0 unspecified atom stereocenters. The van der Waals surface area contributed by atoms with Gasteiger partial charge in [-0.25, -0.2) is 0 Å². The monoisotopic (exact) mass is 277 g/mol. The second-order valence-corrected chi connectivity index (χ2v) is 5.00. The van der Waals surface area contributed by atoms with E-state index in [1.54, 1.807) is 36.1 Å². The van der Waals surface area contributed by atoms with E-state index in [9.17, 15) is 9.90 Å². The van der Waals surface area contributed by atoms with E-state index in [0.717, 1.165) is 11.1 Å². The van der Waals surface area contributed by atoms with E-state index in [4.69, 9.17) is 11.6 Å².